The van der Waals surface area contributed by atoms with Gasteiger partial charge in [0.05, 0.1) is 5.69 Å². The third-order valence-electron chi connectivity index (χ3n) is 3.25. The van der Waals surface area contributed by atoms with Crippen molar-refractivity contribution in [1.29, 1.82) is 0 Å². The molecule has 0 aliphatic carbocycles. The summed E-state index contributed by atoms with van der Waals surface area (Å²) in [4.78, 5) is 14.1. The van der Waals surface area contributed by atoms with E-state index in [1.165, 1.54) is 0 Å². The molecular weight excluding hydrogens is 218 g/mol. The van der Waals surface area contributed by atoms with Crippen LogP contribution in [0.25, 0.3) is 0 Å². The molecule has 5 heteroatoms. The minimum Gasteiger partial charge on any atom is -0.396 e. The molecule has 0 radical (unpaired) electrons. The fourth-order valence-corrected chi connectivity index (χ4v) is 2.29. The average Bonchev–Trinajstić information content (AvgIpc) is 2.93. The first-order valence-electron chi connectivity index (χ1n) is 6.10. The van der Waals surface area contributed by atoms with Crippen LogP contribution in [0.2, 0.25) is 0 Å². The van der Waals surface area contributed by atoms with Crippen LogP contribution in [0.15, 0.2) is 6.07 Å². The quantitative estimate of drug-likeness (QED) is 0.840. The predicted molar refractivity (Wildman–Crippen MR) is 63.7 cm³/mol. The van der Waals surface area contributed by atoms with Crippen LogP contribution in [-0.4, -0.2) is 45.4 Å². The number of rotatable bonds is 3. The number of aliphatic hydroxyl groups is 1. The molecule has 17 heavy (non-hydrogen) atoms. The van der Waals surface area contributed by atoms with Gasteiger partial charge in [0.25, 0.3) is 5.91 Å². The molecule has 1 aromatic heterocycles. The largest absolute Gasteiger partial charge is 0.396 e. The summed E-state index contributed by atoms with van der Waals surface area (Å²) in [5.74, 6) is 0.265. The Morgan fingerprint density at radius 2 is 2.41 bits per heavy atom. The Balaban J connectivity index is 2.14. The third kappa shape index (κ3) is 2.34. The van der Waals surface area contributed by atoms with Crippen molar-refractivity contribution in [1.82, 2.24) is 14.7 Å². The van der Waals surface area contributed by atoms with Crippen molar-refractivity contribution in [3.63, 3.8) is 0 Å². The van der Waals surface area contributed by atoms with Crippen molar-refractivity contribution in [2.75, 3.05) is 19.7 Å². The molecule has 1 unspecified atom stereocenters. The smallest absolute Gasteiger partial charge is 0.272 e. The summed E-state index contributed by atoms with van der Waals surface area (Å²) >= 11 is 0. The molecule has 0 spiro atoms. The first kappa shape index (κ1) is 12.1. The lowest BCUT2D eigenvalue weighted by atomic mass is 10.1. The predicted octanol–water partition coefficient (Wildman–Crippen LogP) is 0.666. The number of aromatic nitrogens is 2. The van der Waals surface area contributed by atoms with E-state index < -0.39 is 0 Å². The van der Waals surface area contributed by atoms with Crippen molar-refractivity contribution in [3.05, 3.63) is 17.5 Å². The molecule has 2 heterocycles. The molecule has 1 aliphatic rings. The second-order valence-electron chi connectivity index (χ2n) is 4.58. The monoisotopic (exact) mass is 237 g/mol. The van der Waals surface area contributed by atoms with E-state index in [0.717, 1.165) is 18.7 Å². The topological polar surface area (TPSA) is 58.4 Å². The molecule has 1 amide bonds. The number of amides is 1. The van der Waals surface area contributed by atoms with Gasteiger partial charge < -0.3 is 10.0 Å². The molecule has 0 saturated carbocycles. The Morgan fingerprint density at radius 1 is 1.65 bits per heavy atom. The van der Waals surface area contributed by atoms with E-state index in [1.54, 1.807) is 4.68 Å². The SMILES string of the molecule is CCn1nc(C)cc1C(=O)N1CCC(CO)C1. The van der Waals surface area contributed by atoms with Gasteiger partial charge in [-0.2, -0.15) is 5.10 Å². The van der Waals surface area contributed by atoms with Crippen molar-refractivity contribution < 1.29 is 9.90 Å². The van der Waals surface area contributed by atoms with Crippen molar-refractivity contribution >= 4 is 5.91 Å². The number of hydrogen-bond donors (Lipinski definition) is 1. The van der Waals surface area contributed by atoms with Crippen LogP contribution in [0.5, 0.6) is 0 Å². The number of carbonyl (C=O) groups is 1. The standard InChI is InChI=1S/C12H19N3O2/c1-3-15-11(6-9(2)13-15)12(17)14-5-4-10(7-14)8-16/h6,10,16H,3-5,7-8H2,1-2H3. The van der Waals surface area contributed by atoms with E-state index in [0.29, 0.717) is 18.8 Å². The Morgan fingerprint density at radius 3 is 3.00 bits per heavy atom. The molecule has 2 rings (SSSR count). The summed E-state index contributed by atoms with van der Waals surface area (Å²) in [7, 11) is 0. The maximum Gasteiger partial charge on any atom is 0.272 e. The summed E-state index contributed by atoms with van der Waals surface area (Å²) in [5, 5.41) is 13.4. The first-order valence-corrected chi connectivity index (χ1v) is 6.10. The van der Waals surface area contributed by atoms with Gasteiger partial charge in [0.2, 0.25) is 0 Å². The minimum absolute atomic E-state index is 0.0309. The fraction of sp³-hybridized carbons (Fsp3) is 0.667. The van der Waals surface area contributed by atoms with Crippen LogP contribution in [0, 0.1) is 12.8 Å². The highest BCUT2D eigenvalue weighted by Gasteiger charge is 2.28. The molecule has 5 nitrogen and oxygen atoms in total. The van der Waals surface area contributed by atoms with Crippen LogP contribution in [0.4, 0.5) is 0 Å². The summed E-state index contributed by atoms with van der Waals surface area (Å²) in [6.07, 6.45) is 0.890. The van der Waals surface area contributed by atoms with Gasteiger partial charge in [-0.05, 0) is 26.3 Å². The van der Waals surface area contributed by atoms with Crippen LogP contribution in [-0.2, 0) is 6.54 Å². The lowest BCUT2D eigenvalue weighted by Gasteiger charge is -2.16. The lowest BCUT2D eigenvalue weighted by Crippen LogP contribution is -2.31. The molecule has 1 aromatic rings. The number of hydrogen-bond acceptors (Lipinski definition) is 3. The van der Waals surface area contributed by atoms with Gasteiger partial charge in [0, 0.05) is 32.2 Å². The number of aryl methyl sites for hydroxylation is 2. The van der Waals surface area contributed by atoms with Crippen molar-refractivity contribution in [2.45, 2.75) is 26.8 Å². The number of nitrogens with zero attached hydrogens (tertiary/aromatic N) is 3. The zero-order valence-corrected chi connectivity index (χ0v) is 10.4. The molecule has 94 valence electrons. The highest BCUT2D eigenvalue weighted by molar-refractivity contribution is 5.92. The first-order chi connectivity index (χ1) is 8.15. The van der Waals surface area contributed by atoms with Crippen LogP contribution < -0.4 is 0 Å². The Labute approximate surface area is 101 Å². The van der Waals surface area contributed by atoms with E-state index in [-0.39, 0.29) is 18.4 Å². The second-order valence-corrected chi connectivity index (χ2v) is 4.58. The maximum atomic E-state index is 12.3. The highest BCUT2D eigenvalue weighted by Crippen LogP contribution is 2.18. The van der Waals surface area contributed by atoms with Gasteiger partial charge >= 0.3 is 0 Å². The summed E-state index contributed by atoms with van der Waals surface area (Å²) in [6.45, 7) is 6.12. The number of likely N-dealkylation sites (tertiary alicyclic amines) is 1. The van der Waals surface area contributed by atoms with E-state index >= 15 is 0 Å². The van der Waals surface area contributed by atoms with Gasteiger partial charge in [-0.1, -0.05) is 0 Å². The van der Waals surface area contributed by atoms with Gasteiger partial charge in [-0.25, -0.2) is 0 Å². The Hall–Kier alpha value is -1.36. The van der Waals surface area contributed by atoms with E-state index in [9.17, 15) is 4.79 Å². The van der Waals surface area contributed by atoms with Crippen LogP contribution in [0.3, 0.4) is 0 Å². The molecule has 0 aromatic carbocycles. The Bertz CT molecular complexity index is 414. The zero-order valence-electron chi connectivity index (χ0n) is 10.4. The van der Waals surface area contributed by atoms with Crippen LogP contribution >= 0.6 is 0 Å². The van der Waals surface area contributed by atoms with E-state index in [1.807, 2.05) is 24.8 Å². The minimum atomic E-state index is 0.0309. The van der Waals surface area contributed by atoms with Gasteiger partial charge in [-0.15, -0.1) is 0 Å². The molecule has 1 aliphatic heterocycles. The number of carbonyl (C=O) groups excluding carboxylic acids is 1. The molecule has 1 atom stereocenters. The van der Waals surface area contributed by atoms with Crippen LogP contribution in [0.1, 0.15) is 29.5 Å². The molecule has 1 fully saturated rings. The van der Waals surface area contributed by atoms with Crippen molar-refractivity contribution in [2.24, 2.45) is 5.92 Å². The van der Waals surface area contributed by atoms with E-state index in [4.69, 9.17) is 5.11 Å². The van der Waals surface area contributed by atoms with E-state index in [2.05, 4.69) is 5.10 Å². The average molecular weight is 237 g/mol. The summed E-state index contributed by atoms with van der Waals surface area (Å²) in [5.41, 5.74) is 1.52. The second kappa shape index (κ2) is 4.87. The highest BCUT2D eigenvalue weighted by atomic mass is 16.3. The summed E-state index contributed by atoms with van der Waals surface area (Å²) < 4.78 is 1.74. The maximum absolute atomic E-state index is 12.3. The van der Waals surface area contributed by atoms with Crippen molar-refractivity contribution in [3.8, 4) is 0 Å². The normalized spacial score (nSPS) is 19.9. The zero-order chi connectivity index (χ0) is 12.4. The van der Waals surface area contributed by atoms with Gasteiger partial charge in [0.1, 0.15) is 5.69 Å². The molecule has 1 N–H and O–H groups in total. The lowest BCUT2D eigenvalue weighted by molar-refractivity contribution is 0.0769. The Kier molecular flexibility index (Phi) is 3.47. The number of aliphatic hydroxyl groups excluding tert-OH is 1. The molecule has 0 bridgehead atoms. The molecular formula is C12H19N3O2. The van der Waals surface area contributed by atoms with Gasteiger partial charge in [0.15, 0.2) is 0 Å². The van der Waals surface area contributed by atoms with Gasteiger partial charge in [-0.3, -0.25) is 9.48 Å². The fourth-order valence-electron chi connectivity index (χ4n) is 2.29. The summed E-state index contributed by atoms with van der Waals surface area (Å²) in [6, 6.07) is 1.83. The third-order valence-corrected chi connectivity index (χ3v) is 3.25. The molecule has 1 saturated heterocycles.